The molecule has 1 aliphatic carbocycles. The molecule has 4 rings (SSSR count). The molecule has 1 heterocycles. The number of carbonyl (C=O) groups excluding carboxylic acids is 2. The molecule has 2 aliphatic rings. The van der Waals surface area contributed by atoms with E-state index in [1.807, 2.05) is 18.2 Å². The molecule has 1 aliphatic heterocycles. The Bertz CT molecular complexity index is 818. The Balaban J connectivity index is 1.46. The number of nitrogens with zero attached hydrogens (tertiary/aromatic N) is 1. The van der Waals surface area contributed by atoms with E-state index in [9.17, 15) is 9.59 Å². The molecule has 1 saturated heterocycles. The number of anilines is 1. The lowest BCUT2D eigenvalue weighted by atomic mass is 9.88. The molecule has 0 aromatic heterocycles. The van der Waals surface area contributed by atoms with Crippen LogP contribution in [-0.4, -0.2) is 31.1 Å². The molecule has 3 amide bonds. The van der Waals surface area contributed by atoms with Gasteiger partial charge in [0.1, 0.15) is 0 Å². The van der Waals surface area contributed by atoms with Gasteiger partial charge < -0.3 is 10.6 Å². The molecule has 0 saturated carbocycles. The number of amides is 3. The largest absolute Gasteiger partial charge is 0.349 e. The summed E-state index contributed by atoms with van der Waals surface area (Å²) in [7, 11) is 0. The summed E-state index contributed by atoms with van der Waals surface area (Å²) in [5, 5.41) is 5.93. The summed E-state index contributed by atoms with van der Waals surface area (Å²) in [6, 6.07) is 15.7. The maximum absolute atomic E-state index is 12.6. The molecule has 2 aromatic carbocycles. The molecule has 0 radical (unpaired) electrons. The predicted molar refractivity (Wildman–Crippen MR) is 96.9 cm³/mol. The van der Waals surface area contributed by atoms with Crippen LogP contribution < -0.4 is 15.5 Å². The van der Waals surface area contributed by atoms with E-state index in [4.69, 9.17) is 0 Å². The SMILES string of the molecule is O=C(N[C@H]1CCc2ccccc2C1)c1cccc(N2CCNC2=O)c1. The van der Waals surface area contributed by atoms with Crippen molar-refractivity contribution in [2.75, 3.05) is 18.0 Å². The van der Waals surface area contributed by atoms with Crippen LogP contribution in [0.4, 0.5) is 10.5 Å². The lowest BCUT2D eigenvalue weighted by molar-refractivity contribution is 0.0933. The van der Waals surface area contributed by atoms with E-state index in [2.05, 4.69) is 28.8 Å². The van der Waals surface area contributed by atoms with Gasteiger partial charge in [-0.2, -0.15) is 0 Å². The van der Waals surface area contributed by atoms with Crippen molar-refractivity contribution < 1.29 is 9.59 Å². The van der Waals surface area contributed by atoms with Crippen molar-refractivity contribution in [2.45, 2.75) is 25.3 Å². The maximum Gasteiger partial charge on any atom is 0.321 e. The molecule has 0 bridgehead atoms. The second-order valence-electron chi connectivity index (χ2n) is 6.62. The first kappa shape index (κ1) is 15.7. The number of hydrogen-bond acceptors (Lipinski definition) is 2. The first-order valence-corrected chi connectivity index (χ1v) is 8.74. The molecular weight excluding hydrogens is 314 g/mol. The van der Waals surface area contributed by atoms with E-state index in [-0.39, 0.29) is 18.0 Å². The summed E-state index contributed by atoms with van der Waals surface area (Å²) in [5.74, 6) is -0.0779. The van der Waals surface area contributed by atoms with E-state index < -0.39 is 0 Å². The van der Waals surface area contributed by atoms with Crippen LogP contribution in [0.5, 0.6) is 0 Å². The Labute approximate surface area is 147 Å². The van der Waals surface area contributed by atoms with E-state index in [1.54, 1.807) is 17.0 Å². The van der Waals surface area contributed by atoms with Crippen molar-refractivity contribution in [1.82, 2.24) is 10.6 Å². The highest BCUT2D eigenvalue weighted by molar-refractivity contribution is 5.98. The summed E-state index contributed by atoms with van der Waals surface area (Å²) in [5.41, 5.74) is 4.06. The zero-order valence-electron chi connectivity index (χ0n) is 14.0. The molecule has 2 aromatic rings. The van der Waals surface area contributed by atoms with Crippen LogP contribution in [0.1, 0.15) is 27.9 Å². The fraction of sp³-hybridized carbons (Fsp3) is 0.300. The van der Waals surface area contributed by atoms with Crippen LogP contribution in [0, 0.1) is 0 Å². The first-order chi connectivity index (χ1) is 12.2. The van der Waals surface area contributed by atoms with E-state index in [0.29, 0.717) is 18.7 Å². The number of carbonyl (C=O) groups is 2. The first-order valence-electron chi connectivity index (χ1n) is 8.74. The fourth-order valence-corrected chi connectivity index (χ4v) is 3.62. The van der Waals surface area contributed by atoms with Crippen molar-refractivity contribution in [2.24, 2.45) is 0 Å². The van der Waals surface area contributed by atoms with Crippen molar-refractivity contribution in [3.8, 4) is 0 Å². The molecule has 128 valence electrons. The van der Waals surface area contributed by atoms with Crippen LogP contribution in [-0.2, 0) is 12.8 Å². The monoisotopic (exact) mass is 335 g/mol. The van der Waals surface area contributed by atoms with Gasteiger partial charge in [0.25, 0.3) is 5.91 Å². The molecule has 2 N–H and O–H groups in total. The summed E-state index contributed by atoms with van der Waals surface area (Å²) in [4.78, 5) is 26.1. The van der Waals surface area contributed by atoms with Crippen molar-refractivity contribution >= 4 is 17.6 Å². The van der Waals surface area contributed by atoms with Crippen LogP contribution in [0.3, 0.4) is 0 Å². The molecular formula is C20H21N3O2. The van der Waals surface area contributed by atoms with Gasteiger partial charge >= 0.3 is 6.03 Å². The van der Waals surface area contributed by atoms with Crippen LogP contribution in [0.25, 0.3) is 0 Å². The molecule has 25 heavy (non-hydrogen) atoms. The molecule has 5 heteroatoms. The highest BCUT2D eigenvalue weighted by Gasteiger charge is 2.23. The van der Waals surface area contributed by atoms with Gasteiger partial charge in [-0.1, -0.05) is 30.3 Å². The van der Waals surface area contributed by atoms with Crippen LogP contribution in [0.15, 0.2) is 48.5 Å². The van der Waals surface area contributed by atoms with Gasteiger partial charge in [-0.05, 0) is 48.6 Å². The number of hydrogen-bond donors (Lipinski definition) is 2. The van der Waals surface area contributed by atoms with E-state index in [1.165, 1.54) is 11.1 Å². The molecule has 0 spiro atoms. The van der Waals surface area contributed by atoms with Gasteiger partial charge in [0.2, 0.25) is 0 Å². The van der Waals surface area contributed by atoms with Crippen molar-refractivity contribution in [3.63, 3.8) is 0 Å². The zero-order chi connectivity index (χ0) is 17.2. The third kappa shape index (κ3) is 3.22. The average molecular weight is 335 g/mol. The molecule has 1 fully saturated rings. The van der Waals surface area contributed by atoms with E-state index in [0.717, 1.165) is 24.9 Å². The quantitative estimate of drug-likeness (QED) is 0.905. The average Bonchev–Trinajstić information content (AvgIpc) is 3.08. The zero-order valence-corrected chi connectivity index (χ0v) is 14.0. The highest BCUT2D eigenvalue weighted by Crippen LogP contribution is 2.22. The Morgan fingerprint density at radius 1 is 1.12 bits per heavy atom. The van der Waals surface area contributed by atoms with Crippen molar-refractivity contribution in [3.05, 3.63) is 65.2 Å². The minimum atomic E-state index is -0.110. The van der Waals surface area contributed by atoms with Gasteiger partial charge in [-0.3, -0.25) is 9.69 Å². The fourth-order valence-electron chi connectivity index (χ4n) is 3.62. The standard InChI is InChI=1S/C20H21N3O2/c24-19(22-17-9-8-14-4-1-2-5-15(14)12-17)16-6-3-7-18(13-16)23-11-10-21-20(23)25/h1-7,13,17H,8-12H2,(H,21,25)(H,22,24)/t17-/m0/s1. The van der Waals surface area contributed by atoms with Gasteiger partial charge in [0.05, 0.1) is 0 Å². The normalized spacial score (nSPS) is 19.3. The lowest BCUT2D eigenvalue weighted by Crippen LogP contribution is -2.39. The van der Waals surface area contributed by atoms with Gasteiger partial charge in [0.15, 0.2) is 0 Å². The topological polar surface area (TPSA) is 61.4 Å². The molecule has 5 nitrogen and oxygen atoms in total. The summed E-state index contributed by atoms with van der Waals surface area (Å²) in [6.07, 6.45) is 2.82. The van der Waals surface area contributed by atoms with Crippen LogP contribution >= 0.6 is 0 Å². The second-order valence-corrected chi connectivity index (χ2v) is 6.62. The van der Waals surface area contributed by atoms with E-state index >= 15 is 0 Å². The molecule has 1 atom stereocenters. The second kappa shape index (κ2) is 6.59. The summed E-state index contributed by atoms with van der Waals surface area (Å²) >= 11 is 0. The maximum atomic E-state index is 12.6. The molecule has 0 unspecified atom stereocenters. The number of benzene rings is 2. The lowest BCUT2D eigenvalue weighted by Gasteiger charge is -2.25. The predicted octanol–water partition coefficient (Wildman–Crippen LogP) is 2.50. The number of rotatable bonds is 3. The number of fused-ring (bicyclic) bond motifs is 1. The van der Waals surface area contributed by atoms with Crippen LogP contribution in [0.2, 0.25) is 0 Å². The number of aryl methyl sites for hydroxylation is 1. The minimum absolute atomic E-state index is 0.0779. The summed E-state index contributed by atoms with van der Waals surface area (Å²) < 4.78 is 0. The Morgan fingerprint density at radius 2 is 1.96 bits per heavy atom. The van der Waals surface area contributed by atoms with Gasteiger partial charge in [-0.25, -0.2) is 4.79 Å². The number of urea groups is 1. The summed E-state index contributed by atoms with van der Waals surface area (Å²) in [6.45, 7) is 1.26. The van der Waals surface area contributed by atoms with Crippen molar-refractivity contribution in [1.29, 1.82) is 0 Å². The highest BCUT2D eigenvalue weighted by atomic mass is 16.2. The minimum Gasteiger partial charge on any atom is -0.349 e. The third-order valence-electron chi connectivity index (χ3n) is 4.96. The smallest absolute Gasteiger partial charge is 0.321 e. The Morgan fingerprint density at radius 3 is 2.76 bits per heavy atom. The van der Waals surface area contributed by atoms with Gasteiger partial charge in [0, 0.05) is 30.4 Å². The Hall–Kier alpha value is -2.82. The third-order valence-corrected chi connectivity index (χ3v) is 4.96. The number of nitrogens with one attached hydrogen (secondary N) is 2. The Kier molecular flexibility index (Phi) is 4.14. The van der Waals surface area contributed by atoms with Gasteiger partial charge in [-0.15, -0.1) is 0 Å².